The number of alkyl halides is 6. The monoisotopic (exact) mass is 382 g/mol. The molecule has 2 amide bonds. The lowest BCUT2D eigenvalue weighted by molar-refractivity contribution is -0.143. The highest BCUT2D eigenvalue weighted by atomic mass is 19.4. The van der Waals surface area contributed by atoms with Crippen LogP contribution < -0.4 is 5.32 Å². The number of hydrogen-bond donors (Lipinski definition) is 1. The molecular formula is C16H16F6N2O2. The van der Waals surface area contributed by atoms with Crippen LogP contribution in [-0.2, 0) is 21.9 Å². The summed E-state index contributed by atoms with van der Waals surface area (Å²) in [6.45, 7) is 2.00. The van der Waals surface area contributed by atoms with Gasteiger partial charge in [0.25, 0.3) is 0 Å². The maximum atomic E-state index is 12.8. The first-order valence-electron chi connectivity index (χ1n) is 7.74. The number of rotatable bonds is 2. The Kier molecular flexibility index (Phi) is 5.52. The molecule has 1 aliphatic rings. The van der Waals surface area contributed by atoms with Crippen molar-refractivity contribution in [1.29, 1.82) is 0 Å². The highest BCUT2D eigenvalue weighted by molar-refractivity contribution is 5.93. The van der Waals surface area contributed by atoms with Crippen LogP contribution in [0.3, 0.4) is 0 Å². The minimum absolute atomic E-state index is 0.000994. The van der Waals surface area contributed by atoms with Gasteiger partial charge in [-0.05, 0) is 31.0 Å². The van der Waals surface area contributed by atoms with Gasteiger partial charge in [0, 0.05) is 31.6 Å². The maximum absolute atomic E-state index is 12.8. The molecule has 0 aliphatic carbocycles. The number of anilines is 1. The van der Waals surface area contributed by atoms with Gasteiger partial charge in [0.15, 0.2) is 0 Å². The van der Waals surface area contributed by atoms with Crippen LogP contribution in [0.4, 0.5) is 32.0 Å². The highest BCUT2D eigenvalue weighted by Crippen LogP contribution is 2.37. The molecule has 10 heteroatoms. The molecular weight excluding hydrogens is 366 g/mol. The standard InChI is InChI=1S/C16H16F6N2O2/c1-9(25)24-4-2-10(3-5-24)14(26)23-13-7-11(15(17,18)19)6-12(8-13)16(20,21)22/h6-8,10H,2-5H2,1H3,(H,23,26). The summed E-state index contributed by atoms with van der Waals surface area (Å²) < 4.78 is 77.0. The third-order valence-corrected chi connectivity index (χ3v) is 4.17. The Morgan fingerprint density at radius 1 is 0.962 bits per heavy atom. The fraction of sp³-hybridized carbons (Fsp3) is 0.500. The highest BCUT2D eigenvalue weighted by Gasteiger charge is 2.37. The predicted molar refractivity (Wildman–Crippen MR) is 80.1 cm³/mol. The topological polar surface area (TPSA) is 49.4 Å². The minimum atomic E-state index is -4.98. The lowest BCUT2D eigenvalue weighted by Gasteiger charge is -2.30. The van der Waals surface area contributed by atoms with E-state index in [0.29, 0.717) is 25.2 Å². The molecule has 26 heavy (non-hydrogen) atoms. The van der Waals surface area contributed by atoms with Crippen molar-refractivity contribution in [3.63, 3.8) is 0 Å². The summed E-state index contributed by atoms with van der Waals surface area (Å²) in [6, 6.07) is 0.941. The fourth-order valence-electron chi connectivity index (χ4n) is 2.73. The van der Waals surface area contributed by atoms with Crippen LogP contribution in [0.25, 0.3) is 0 Å². The van der Waals surface area contributed by atoms with Crippen molar-refractivity contribution in [2.75, 3.05) is 18.4 Å². The molecule has 1 saturated heterocycles. The van der Waals surface area contributed by atoms with Gasteiger partial charge in [-0.3, -0.25) is 9.59 Å². The first kappa shape index (κ1) is 20.1. The predicted octanol–water partition coefficient (Wildman–Crippen LogP) is 3.92. The quantitative estimate of drug-likeness (QED) is 0.789. The number of nitrogens with zero attached hydrogens (tertiary/aromatic N) is 1. The Balaban J connectivity index is 2.18. The summed E-state index contributed by atoms with van der Waals surface area (Å²) in [5.41, 5.74) is -3.55. The van der Waals surface area contributed by atoms with Crippen molar-refractivity contribution in [3.8, 4) is 0 Å². The third kappa shape index (κ3) is 4.89. The molecule has 1 fully saturated rings. The van der Waals surface area contributed by atoms with Gasteiger partial charge in [-0.15, -0.1) is 0 Å². The molecule has 0 bridgehead atoms. The first-order chi connectivity index (χ1) is 11.9. The number of piperidine rings is 1. The van der Waals surface area contributed by atoms with E-state index < -0.39 is 41.0 Å². The van der Waals surface area contributed by atoms with Crippen LogP contribution in [0.5, 0.6) is 0 Å². The maximum Gasteiger partial charge on any atom is 0.416 e. The number of carbonyl (C=O) groups excluding carboxylic acids is 2. The van der Waals surface area contributed by atoms with E-state index >= 15 is 0 Å². The molecule has 0 radical (unpaired) electrons. The summed E-state index contributed by atoms with van der Waals surface area (Å²) >= 11 is 0. The van der Waals surface area contributed by atoms with Gasteiger partial charge in [-0.1, -0.05) is 0 Å². The van der Waals surface area contributed by atoms with Crippen LogP contribution in [0, 0.1) is 5.92 Å². The number of halogens is 6. The third-order valence-electron chi connectivity index (χ3n) is 4.17. The van der Waals surface area contributed by atoms with Crippen molar-refractivity contribution < 1.29 is 35.9 Å². The summed E-state index contributed by atoms with van der Waals surface area (Å²) in [5, 5.41) is 2.14. The zero-order valence-electron chi connectivity index (χ0n) is 13.7. The van der Waals surface area contributed by atoms with Crippen molar-refractivity contribution >= 4 is 17.5 Å². The zero-order chi connectivity index (χ0) is 19.7. The van der Waals surface area contributed by atoms with Crippen LogP contribution in [0.1, 0.15) is 30.9 Å². The van der Waals surface area contributed by atoms with E-state index in [1.54, 1.807) is 0 Å². The van der Waals surface area contributed by atoms with Crippen LogP contribution in [0.2, 0.25) is 0 Å². The lowest BCUT2D eigenvalue weighted by Crippen LogP contribution is -2.40. The normalized spacial score (nSPS) is 16.5. The fourth-order valence-corrected chi connectivity index (χ4v) is 2.73. The van der Waals surface area contributed by atoms with E-state index in [1.165, 1.54) is 11.8 Å². The molecule has 0 spiro atoms. The number of likely N-dealkylation sites (tertiary alicyclic amines) is 1. The molecule has 1 heterocycles. The van der Waals surface area contributed by atoms with Crippen molar-refractivity contribution in [2.24, 2.45) is 5.92 Å². The van der Waals surface area contributed by atoms with E-state index in [9.17, 15) is 35.9 Å². The smallest absolute Gasteiger partial charge is 0.343 e. The Morgan fingerprint density at radius 3 is 1.81 bits per heavy atom. The Hall–Kier alpha value is -2.26. The second-order valence-electron chi connectivity index (χ2n) is 6.06. The van der Waals surface area contributed by atoms with Crippen molar-refractivity contribution in [3.05, 3.63) is 29.3 Å². The molecule has 1 aromatic rings. The molecule has 0 atom stereocenters. The number of hydrogen-bond acceptors (Lipinski definition) is 2. The Morgan fingerprint density at radius 2 is 1.42 bits per heavy atom. The van der Waals surface area contributed by atoms with Crippen LogP contribution >= 0.6 is 0 Å². The molecule has 1 aromatic carbocycles. The van der Waals surface area contributed by atoms with E-state index in [4.69, 9.17) is 0 Å². The van der Waals surface area contributed by atoms with Gasteiger partial charge in [-0.25, -0.2) is 0 Å². The number of nitrogens with one attached hydrogen (secondary N) is 1. The van der Waals surface area contributed by atoms with Crippen molar-refractivity contribution in [2.45, 2.75) is 32.1 Å². The van der Waals surface area contributed by atoms with Gasteiger partial charge in [0.05, 0.1) is 11.1 Å². The molecule has 0 saturated carbocycles. The molecule has 0 unspecified atom stereocenters. The Labute approximate surface area is 145 Å². The SMILES string of the molecule is CC(=O)N1CCC(C(=O)Nc2cc(C(F)(F)F)cc(C(F)(F)F)c2)CC1. The molecule has 144 valence electrons. The van der Waals surface area contributed by atoms with Gasteiger partial charge < -0.3 is 10.2 Å². The molecule has 4 nitrogen and oxygen atoms in total. The van der Waals surface area contributed by atoms with Gasteiger partial charge in [0.1, 0.15) is 0 Å². The molecule has 2 rings (SSSR count). The van der Waals surface area contributed by atoms with Crippen molar-refractivity contribution in [1.82, 2.24) is 4.90 Å². The second-order valence-corrected chi connectivity index (χ2v) is 6.06. The first-order valence-corrected chi connectivity index (χ1v) is 7.74. The van der Waals surface area contributed by atoms with Crippen LogP contribution in [-0.4, -0.2) is 29.8 Å². The molecule has 1 aliphatic heterocycles. The van der Waals surface area contributed by atoms with E-state index in [-0.39, 0.29) is 24.8 Å². The van der Waals surface area contributed by atoms with E-state index in [1.807, 2.05) is 0 Å². The second kappa shape index (κ2) is 7.16. The summed E-state index contributed by atoms with van der Waals surface area (Å²) in [5.74, 6) is -1.41. The molecule has 0 aromatic heterocycles. The largest absolute Gasteiger partial charge is 0.416 e. The number of carbonyl (C=O) groups is 2. The average Bonchev–Trinajstić information content (AvgIpc) is 2.53. The van der Waals surface area contributed by atoms with E-state index in [0.717, 1.165) is 0 Å². The Bertz CT molecular complexity index is 659. The van der Waals surface area contributed by atoms with Gasteiger partial charge in [0.2, 0.25) is 11.8 Å². The number of benzene rings is 1. The van der Waals surface area contributed by atoms with E-state index in [2.05, 4.69) is 5.32 Å². The van der Waals surface area contributed by atoms with Gasteiger partial charge in [-0.2, -0.15) is 26.3 Å². The van der Waals surface area contributed by atoms with Crippen LogP contribution in [0.15, 0.2) is 18.2 Å². The minimum Gasteiger partial charge on any atom is -0.343 e. The summed E-state index contributed by atoms with van der Waals surface area (Å²) in [4.78, 5) is 25.0. The summed E-state index contributed by atoms with van der Waals surface area (Å²) in [6.07, 6.45) is -9.38. The molecule has 1 N–H and O–H groups in total. The van der Waals surface area contributed by atoms with Gasteiger partial charge >= 0.3 is 12.4 Å². The zero-order valence-corrected chi connectivity index (χ0v) is 13.7. The summed E-state index contributed by atoms with van der Waals surface area (Å²) in [7, 11) is 0. The average molecular weight is 382 g/mol. The number of amides is 2. The lowest BCUT2D eigenvalue weighted by atomic mass is 9.95.